The van der Waals surface area contributed by atoms with Gasteiger partial charge in [0.25, 0.3) is 0 Å². The van der Waals surface area contributed by atoms with Gasteiger partial charge in [0.2, 0.25) is 0 Å². The van der Waals surface area contributed by atoms with Crippen molar-refractivity contribution in [3.8, 4) is 6.07 Å². The first kappa shape index (κ1) is 12.2. The summed E-state index contributed by atoms with van der Waals surface area (Å²) in [7, 11) is 0. The van der Waals surface area contributed by atoms with E-state index in [2.05, 4.69) is 16.4 Å². The highest BCUT2D eigenvalue weighted by molar-refractivity contribution is 5.84. The van der Waals surface area contributed by atoms with Crippen molar-refractivity contribution in [2.24, 2.45) is 5.92 Å². The Morgan fingerprint density at radius 3 is 3.05 bits per heavy atom. The van der Waals surface area contributed by atoms with E-state index in [4.69, 9.17) is 5.26 Å². The molecule has 1 aliphatic heterocycles. The first-order chi connectivity index (χ1) is 9.29. The van der Waals surface area contributed by atoms with E-state index in [1.54, 1.807) is 6.07 Å². The maximum atomic E-state index is 10.5. The Kier molecular flexibility index (Phi) is 3.24. The van der Waals surface area contributed by atoms with Crippen LogP contribution in [-0.4, -0.2) is 23.2 Å². The van der Waals surface area contributed by atoms with Gasteiger partial charge in [0.05, 0.1) is 17.7 Å². The normalized spacial score (nSPS) is 21.2. The quantitative estimate of drug-likeness (QED) is 0.769. The van der Waals surface area contributed by atoms with Crippen LogP contribution in [0, 0.1) is 17.2 Å². The number of hydrogen-bond acceptors (Lipinski definition) is 3. The zero-order valence-corrected chi connectivity index (χ0v) is 10.7. The summed E-state index contributed by atoms with van der Waals surface area (Å²) >= 11 is 0. The summed E-state index contributed by atoms with van der Waals surface area (Å²) in [6.07, 6.45) is 3.58. The molecule has 1 aromatic heterocycles. The highest BCUT2D eigenvalue weighted by Crippen LogP contribution is 2.32. The molecule has 0 aliphatic carbocycles. The minimum Gasteiger partial charge on any atom is -0.388 e. The molecule has 0 bridgehead atoms. The summed E-state index contributed by atoms with van der Waals surface area (Å²) in [5.74, 6) is 0.267. The first-order valence-corrected chi connectivity index (χ1v) is 6.69. The van der Waals surface area contributed by atoms with Crippen LogP contribution in [0.3, 0.4) is 0 Å². The number of aliphatic hydroxyl groups is 1. The number of benzene rings is 1. The molecule has 2 heterocycles. The van der Waals surface area contributed by atoms with Crippen molar-refractivity contribution in [1.29, 1.82) is 5.26 Å². The number of nitriles is 1. The van der Waals surface area contributed by atoms with Crippen LogP contribution in [0.4, 0.5) is 0 Å². The Morgan fingerprint density at radius 2 is 2.32 bits per heavy atom. The molecule has 0 radical (unpaired) electrons. The van der Waals surface area contributed by atoms with Crippen molar-refractivity contribution >= 4 is 10.9 Å². The standard InChI is InChI=1S/C15H17N3O/c16-7-10-3-4-12-13(9-18-14(12)6-10)15(19)11-2-1-5-17-8-11/h3-4,6,9,11,15,17-19H,1-2,5,8H2. The number of nitrogens with zero attached hydrogens (tertiary/aromatic N) is 1. The van der Waals surface area contributed by atoms with E-state index < -0.39 is 6.10 Å². The Bertz CT molecular complexity index is 620. The molecular weight excluding hydrogens is 238 g/mol. The molecule has 0 saturated carbocycles. The SMILES string of the molecule is N#Cc1ccc2c(C(O)C3CCCNC3)c[nH]c2c1. The van der Waals surface area contributed by atoms with Crippen molar-refractivity contribution in [2.45, 2.75) is 18.9 Å². The maximum absolute atomic E-state index is 10.5. The summed E-state index contributed by atoms with van der Waals surface area (Å²) in [5, 5.41) is 23.8. The number of nitrogens with one attached hydrogen (secondary N) is 2. The van der Waals surface area contributed by atoms with Gasteiger partial charge in [-0.15, -0.1) is 0 Å². The third-order valence-corrected chi connectivity index (χ3v) is 3.94. The third-order valence-electron chi connectivity index (χ3n) is 3.94. The van der Waals surface area contributed by atoms with E-state index in [9.17, 15) is 5.11 Å². The molecule has 4 nitrogen and oxygen atoms in total. The number of hydrogen-bond donors (Lipinski definition) is 3. The summed E-state index contributed by atoms with van der Waals surface area (Å²) in [4.78, 5) is 3.15. The lowest BCUT2D eigenvalue weighted by Gasteiger charge is -2.27. The van der Waals surface area contributed by atoms with E-state index >= 15 is 0 Å². The van der Waals surface area contributed by atoms with E-state index in [0.717, 1.165) is 42.4 Å². The number of H-pyrrole nitrogens is 1. The van der Waals surface area contributed by atoms with Crippen LogP contribution in [0.2, 0.25) is 0 Å². The summed E-state index contributed by atoms with van der Waals surface area (Å²) in [5.41, 5.74) is 2.49. The van der Waals surface area contributed by atoms with Gasteiger partial charge in [-0.2, -0.15) is 5.26 Å². The molecule has 1 fully saturated rings. The monoisotopic (exact) mass is 255 g/mol. The van der Waals surface area contributed by atoms with Crippen LogP contribution < -0.4 is 5.32 Å². The average Bonchev–Trinajstić information content (AvgIpc) is 2.90. The van der Waals surface area contributed by atoms with Crippen molar-refractivity contribution in [2.75, 3.05) is 13.1 Å². The second kappa shape index (κ2) is 5.04. The van der Waals surface area contributed by atoms with Gasteiger partial charge in [0.1, 0.15) is 0 Å². The number of aliphatic hydroxyl groups excluding tert-OH is 1. The van der Waals surface area contributed by atoms with Crippen LogP contribution >= 0.6 is 0 Å². The molecule has 98 valence electrons. The molecule has 4 heteroatoms. The molecule has 2 unspecified atom stereocenters. The van der Waals surface area contributed by atoms with Gasteiger partial charge < -0.3 is 15.4 Å². The van der Waals surface area contributed by atoms with Crippen molar-refractivity contribution < 1.29 is 5.11 Å². The van der Waals surface area contributed by atoms with E-state index in [-0.39, 0.29) is 5.92 Å². The van der Waals surface area contributed by atoms with Gasteiger partial charge in [-0.1, -0.05) is 6.07 Å². The zero-order chi connectivity index (χ0) is 13.2. The fourth-order valence-electron chi connectivity index (χ4n) is 2.87. The Morgan fingerprint density at radius 1 is 1.42 bits per heavy atom. The van der Waals surface area contributed by atoms with Gasteiger partial charge in [0.15, 0.2) is 0 Å². The Balaban J connectivity index is 1.94. The second-order valence-electron chi connectivity index (χ2n) is 5.17. The number of fused-ring (bicyclic) bond motifs is 1. The first-order valence-electron chi connectivity index (χ1n) is 6.69. The van der Waals surface area contributed by atoms with Gasteiger partial charge in [0, 0.05) is 35.1 Å². The Hall–Kier alpha value is -1.83. The fraction of sp³-hybridized carbons (Fsp3) is 0.400. The maximum Gasteiger partial charge on any atom is 0.0992 e. The summed E-state index contributed by atoms with van der Waals surface area (Å²) < 4.78 is 0. The predicted molar refractivity (Wildman–Crippen MR) is 73.6 cm³/mol. The van der Waals surface area contributed by atoms with Crippen LogP contribution in [0.15, 0.2) is 24.4 Å². The van der Waals surface area contributed by atoms with E-state index in [1.165, 1.54) is 0 Å². The lowest BCUT2D eigenvalue weighted by molar-refractivity contribution is 0.0934. The average molecular weight is 255 g/mol. The fourth-order valence-corrected chi connectivity index (χ4v) is 2.87. The van der Waals surface area contributed by atoms with Crippen LogP contribution in [0.1, 0.15) is 30.1 Å². The van der Waals surface area contributed by atoms with E-state index in [0.29, 0.717) is 5.56 Å². The predicted octanol–water partition coefficient (Wildman–Crippen LogP) is 2.07. The molecule has 19 heavy (non-hydrogen) atoms. The van der Waals surface area contributed by atoms with Gasteiger partial charge in [-0.25, -0.2) is 0 Å². The van der Waals surface area contributed by atoms with Gasteiger partial charge in [-0.3, -0.25) is 0 Å². The van der Waals surface area contributed by atoms with Crippen molar-refractivity contribution in [3.05, 3.63) is 35.5 Å². The van der Waals surface area contributed by atoms with E-state index in [1.807, 2.05) is 18.3 Å². The Labute approximate surface area is 112 Å². The number of aromatic amines is 1. The molecule has 1 aromatic carbocycles. The highest BCUT2D eigenvalue weighted by atomic mass is 16.3. The van der Waals surface area contributed by atoms with Crippen molar-refractivity contribution in [1.82, 2.24) is 10.3 Å². The molecule has 0 amide bonds. The van der Waals surface area contributed by atoms with Gasteiger partial charge >= 0.3 is 0 Å². The minimum absolute atomic E-state index is 0.267. The highest BCUT2D eigenvalue weighted by Gasteiger charge is 2.24. The van der Waals surface area contributed by atoms with Crippen LogP contribution in [-0.2, 0) is 0 Å². The lowest BCUT2D eigenvalue weighted by Crippen LogP contribution is -2.33. The largest absolute Gasteiger partial charge is 0.388 e. The molecule has 2 aromatic rings. The smallest absolute Gasteiger partial charge is 0.0992 e. The molecule has 1 aliphatic rings. The van der Waals surface area contributed by atoms with Crippen LogP contribution in [0.25, 0.3) is 10.9 Å². The third kappa shape index (κ3) is 2.23. The topological polar surface area (TPSA) is 71.8 Å². The molecule has 3 rings (SSSR count). The lowest BCUT2D eigenvalue weighted by atomic mass is 9.89. The zero-order valence-electron chi connectivity index (χ0n) is 10.7. The summed E-state index contributed by atoms with van der Waals surface area (Å²) in [6, 6.07) is 7.67. The number of piperidine rings is 1. The second-order valence-corrected chi connectivity index (χ2v) is 5.17. The molecule has 0 spiro atoms. The molecule has 1 saturated heterocycles. The van der Waals surface area contributed by atoms with Gasteiger partial charge in [-0.05, 0) is 31.5 Å². The minimum atomic E-state index is -0.450. The molecular formula is C15H17N3O. The van der Waals surface area contributed by atoms with Crippen molar-refractivity contribution in [3.63, 3.8) is 0 Å². The summed E-state index contributed by atoms with van der Waals surface area (Å²) in [6.45, 7) is 1.91. The number of aromatic nitrogens is 1. The molecule has 2 atom stereocenters. The molecule has 3 N–H and O–H groups in total. The van der Waals surface area contributed by atoms with Crippen LogP contribution in [0.5, 0.6) is 0 Å². The number of rotatable bonds is 2.